The molecule has 0 spiro atoms. The van der Waals surface area contributed by atoms with E-state index >= 15 is 0 Å². The van der Waals surface area contributed by atoms with Crippen LogP contribution < -0.4 is 10.2 Å². The number of rotatable bonds is 4. The van der Waals surface area contributed by atoms with Crippen LogP contribution in [0.25, 0.3) is 11.0 Å². The van der Waals surface area contributed by atoms with Gasteiger partial charge in [-0.3, -0.25) is 0 Å². The molecule has 2 aromatic rings. The minimum absolute atomic E-state index is 0.872. The Balaban J connectivity index is 1.81. The van der Waals surface area contributed by atoms with Gasteiger partial charge in [0.15, 0.2) is 0 Å². The molecule has 0 aliphatic carbocycles. The summed E-state index contributed by atoms with van der Waals surface area (Å²) in [6.07, 6.45) is 0. The standard InChI is InChI=1S/C14H22N6/c1-18(2)9-10-20-14-4-3-12(11-13(14)16-17-20)19-7-5-15-6-8-19/h3-4,11,15H,5-10H2,1-2H3. The zero-order valence-corrected chi connectivity index (χ0v) is 12.2. The Bertz CT molecular complexity index is 570. The molecule has 1 aromatic heterocycles. The number of hydrogen-bond donors (Lipinski definition) is 1. The lowest BCUT2D eigenvalue weighted by Crippen LogP contribution is -2.43. The molecule has 6 nitrogen and oxygen atoms in total. The van der Waals surface area contributed by atoms with E-state index < -0.39 is 0 Å². The van der Waals surface area contributed by atoms with Gasteiger partial charge in [0.05, 0.1) is 12.1 Å². The van der Waals surface area contributed by atoms with Crippen LogP contribution in [0.3, 0.4) is 0 Å². The van der Waals surface area contributed by atoms with Crippen molar-refractivity contribution in [3.63, 3.8) is 0 Å². The van der Waals surface area contributed by atoms with E-state index in [2.05, 4.69) is 57.7 Å². The topological polar surface area (TPSA) is 49.2 Å². The molecule has 108 valence electrons. The van der Waals surface area contributed by atoms with Crippen molar-refractivity contribution in [2.45, 2.75) is 6.54 Å². The van der Waals surface area contributed by atoms with E-state index in [1.54, 1.807) is 0 Å². The molecule has 0 saturated carbocycles. The zero-order valence-electron chi connectivity index (χ0n) is 12.2. The Morgan fingerprint density at radius 1 is 1.25 bits per heavy atom. The van der Waals surface area contributed by atoms with Crippen molar-refractivity contribution in [2.75, 3.05) is 51.7 Å². The highest BCUT2D eigenvalue weighted by atomic mass is 15.4. The van der Waals surface area contributed by atoms with Crippen molar-refractivity contribution in [2.24, 2.45) is 0 Å². The molecule has 0 amide bonds. The van der Waals surface area contributed by atoms with Crippen molar-refractivity contribution < 1.29 is 0 Å². The summed E-state index contributed by atoms with van der Waals surface area (Å²) in [4.78, 5) is 4.55. The second-order valence-corrected chi connectivity index (χ2v) is 5.53. The van der Waals surface area contributed by atoms with Crippen molar-refractivity contribution in [1.82, 2.24) is 25.2 Å². The quantitative estimate of drug-likeness (QED) is 0.875. The van der Waals surface area contributed by atoms with E-state index in [0.717, 1.165) is 50.3 Å². The van der Waals surface area contributed by atoms with Crippen LogP contribution in [0.4, 0.5) is 5.69 Å². The third kappa shape index (κ3) is 2.76. The second-order valence-electron chi connectivity index (χ2n) is 5.53. The highest BCUT2D eigenvalue weighted by Gasteiger charge is 2.12. The number of nitrogens with one attached hydrogen (secondary N) is 1. The lowest BCUT2D eigenvalue weighted by Gasteiger charge is -2.29. The van der Waals surface area contributed by atoms with Gasteiger partial charge in [-0.2, -0.15) is 0 Å². The van der Waals surface area contributed by atoms with Crippen LogP contribution in [-0.2, 0) is 6.54 Å². The maximum atomic E-state index is 4.30. The van der Waals surface area contributed by atoms with Gasteiger partial charge in [0.25, 0.3) is 0 Å². The number of piperazine rings is 1. The Morgan fingerprint density at radius 3 is 2.80 bits per heavy atom. The Labute approximate surface area is 119 Å². The summed E-state index contributed by atoms with van der Waals surface area (Å²) in [6.45, 7) is 6.05. The van der Waals surface area contributed by atoms with E-state index in [4.69, 9.17) is 0 Å². The predicted molar refractivity (Wildman–Crippen MR) is 81.2 cm³/mol. The maximum Gasteiger partial charge on any atom is 0.115 e. The summed E-state index contributed by atoms with van der Waals surface area (Å²) in [5, 5.41) is 11.9. The summed E-state index contributed by atoms with van der Waals surface area (Å²) >= 11 is 0. The minimum Gasteiger partial charge on any atom is -0.369 e. The molecule has 3 rings (SSSR count). The fourth-order valence-electron chi connectivity index (χ4n) is 2.54. The first-order chi connectivity index (χ1) is 9.74. The van der Waals surface area contributed by atoms with Gasteiger partial charge in [-0.05, 0) is 32.3 Å². The molecule has 2 heterocycles. The Morgan fingerprint density at radius 2 is 2.05 bits per heavy atom. The lowest BCUT2D eigenvalue weighted by molar-refractivity contribution is 0.374. The lowest BCUT2D eigenvalue weighted by atomic mass is 10.2. The van der Waals surface area contributed by atoms with Crippen LogP contribution in [0.5, 0.6) is 0 Å². The van der Waals surface area contributed by atoms with E-state index in [9.17, 15) is 0 Å². The summed E-state index contributed by atoms with van der Waals surface area (Å²) in [6, 6.07) is 6.48. The van der Waals surface area contributed by atoms with Gasteiger partial charge in [0.2, 0.25) is 0 Å². The molecule has 1 aromatic carbocycles. The molecule has 1 fully saturated rings. The molecular weight excluding hydrogens is 252 g/mol. The Hall–Kier alpha value is -1.66. The van der Waals surface area contributed by atoms with E-state index in [0.29, 0.717) is 0 Å². The maximum absolute atomic E-state index is 4.30. The average Bonchev–Trinajstić information content (AvgIpc) is 2.88. The molecule has 20 heavy (non-hydrogen) atoms. The number of fused-ring (bicyclic) bond motifs is 1. The largest absolute Gasteiger partial charge is 0.369 e. The first-order valence-corrected chi connectivity index (χ1v) is 7.18. The smallest absolute Gasteiger partial charge is 0.115 e. The predicted octanol–water partition coefficient (Wildman–Crippen LogP) is 0.403. The monoisotopic (exact) mass is 274 g/mol. The van der Waals surface area contributed by atoms with Crippen LogP contribution in [-0.4, -0.2) is 66.7 Å². The summed E-state index contributed by atoms with van der Waals surface area (Å²) < 4.78 is 1.98. The number of benzene rings is 1. The first-order valence-electron chi connectivity index (χ1n) is 7.18. The molecule has 1 aliphatic heterocycles. The fourth-order valence-corrected chi connectivity index (χ4v) is 2.54. The van der Waals surface area contributed by atoms with Crippen LogP contribution in [0.2, 0.25) is 0 Å². The number of likely N-dealkylation sites (N-methyl/N-ethyl adjacent to an activating group) is 1. The van der Waals surface area contributed by atoms with Gasteiger partial charge in [-0.25, -0.2) is 4.68 Å². The first kappa shape index (κ1) is 13.3. The van der Waals surface area contributed by atoms with Crippen LogP contribution in [0.1, 0.15) is 0 Å². The molecule has 1 N–H and O–H groups in total. The molecule has 0 unspecified atom stereocenters. The fraction of sp³-hybridized carbons (Fsp3) is 0.571. The van der Waals surface area contributed by atoms with Gasteiger partial charge in [-0.15, -0.1) is 5.10 Å². The molecule has 0 atom stereocenters. The second kappa shape index (κ2) is 5.76. The molecule has 0 radical (unpaired) electrons. The number of aromatic nitrogens is 3. The third-order valence-electron chi connectivity index (χ3n) is 3.74. The zero-order chi connectivity index (χ0) is 13.9. The van der Waals surface area contributed by atoms with Crippen molar-refractivity contribution in [1.29, 1.82) is 0 Å². The normalized spacial score (nSPS) is 16.2. The molecular formula is C14H22N6. The van der Waals surface area contributed by atoms with Gasteiger partial charge in [0.1, 0.15) is 5.52 Å². The third-order valence-corrected chi connectivity index (χ3v) is 3.74. The number of anilines is 1. The van der Waals surface area contributed by atoms with Crippen molar-refractivity contribution >= 4 is 16.7 Å². The number of hydrogen-bond acceptors (Lipinski definition) is 5. The minimum atomic E-state index is 0.872. The molecule has 6 heteroatoms. The van der Waals surface area contributed by atoms with Crippen molar-refractivity contribution in [3.05, 3.63) is 18.2 Å². The van der Waals surface area contributed by atoms with Crippen LogP contribution in [0.15, 0.2) is 18.2 Å². The van der Waals surface area contributed by atoms with Crippen molar-refractivity contribution in [3.8, 4) is 0 Å². The number of nitrogens with zero attached hydrogens (tertiary/aromatic N) is 5. The Kier molecular flexibility index (Phi) is 3.84. The van der Waals surface area contributed by atoms with E-state index in [1.165, 1.54) is 5.69 Å². The summed E-state index contributed by atoms with van der Waals surface area (Å²) in [5.74, 6) is 0. The molecule has 0 bridgehead atoms. The SMILES string of the molecule is CN(C)CCn1nnc2cc(N3CCNCC3)ccc21. The van der Waals surface area contributed by atoms with Gasteiger partial charge < -0.3 is 15.1 Å². The van der Waals surface area contributed by atoms with Gasteiger partial charge >= 0.3 is 0 Å². The summed E-state index contributed by atoms with van der Waals surface area (Å²) in [7, 11) is 4.14. The molecule has 1 aliphatic rings. The van der Waals surface area contributed by atoms with Gasteiger partial charge in [-0.1, -0.05) is 5.21 Å². The van der Waals surface area contributed by atoms with Crippen LogP contribution >= 0.6 is 0 Å². The van der Waals surface area contributed by atoms with Crippen LogP contribution in [0, 0.1) is 0 Å². The average molecular weight is 274 g/mol. The van der Waals surface area contributed by atoms with E-state index in [1.807, 2.05) is 4.68 Å². The summed E-state index contributed by atoms with van der Waals surface area (Å²) in [5.41, 5.74) is 3.35. The van der Waals surface area contributed by atoms with E-state index in [-0.39, 0.29) is 0 Å². The highest BCUT2D eigenvalue weighted by molar-refractivity contribution is 5.79. The molecule has 1 saturated heterocycles. The van der Waals surface area contributed by atoms with Gasteiger partial charge in [0, 0.05) is 38.4 Å². The highest BCUT2D eigenvalue weighted by Crippen LogP contribution is 2.20.